The maximum absolute atomic E-state index is 13.4. The zero-order chi connectivity index (χ0) is 47.8. The van der Waals surface area contributed by atoms with Gasteiger partial charge in [0, 0.05) is 105 Å². The molecule has 1 aromatic carbocycles. The molecule has 1 aliphatic carbocycles. The number of unbranched alkanes of at least 4 members (excludes halogenated alkanes) is 2. The summed E-state index contributed by atoms with van der Waals surface area (Å²) in [6, 6.07) is 13.3. The number of piperidine rings is 2. The third-order valence-corrected chi connectivity index (χ3v) is 14.3. The zero-order valence-electron chi connectivity index (χ0n) is 40.1. The molecule has 2 aliphatic heterocycles. The lowest BCUT2D eigenvalue weighted by atomic mass is 9.49. The molecule has 3 aliphatic rings. The molecule has 0 unspecified atom stereocenters. The van der Waals surface area contributed by atoms with Crippen LogP contribution in [-0.4, -0.2) is 104 Å². The summed E-state index contributed by atoms with van der Waals surface area (Å²) in [4.78, 5) is 36.7. The van der Waals surface area contributed by atoms with E-state index < -0.39 is 0 Å². The van der Waals surface area contributed by atoms with E-state index in [1.807, 2.05) is 29.0 Å². The number of aliphatic hydroxyl groups excluding tert-OH is 1. The van der Waals surface area contributed by atoms with E-state index in [0.717, 1.165) is 106 Å². The van der Waals surface area contributed by atoms with Crippen LogP contribution in [0.4, 0.5) is 17.6 Å². The summed E-state index contributed by atoms with van der Waals surface area (Å²) in [6.07, 6.45) is 16.5. The van der Waals surface area contributed by atoms with Crippen LogP contribution in [0.15, 0.2) is 61.2 Å². The van der Waals surface area contributed by atoms with Crippen LogP contribution in [0.2, 0.25) is 5.02 Å². The van der Waals surface area contributed by atoms with Crippen molar-refractivity contribution in [1.82, 2.24) is 34.9 Å². The van der Waals surface area contributed by atoms with Gasteiger partial charge in [-0.1, -0.05) is 52.3 Å². The molecule has 3 N–H and O–H groups in total. The first kappa shape index (κ1) is 48.7. The number of carbonyl (C=O) groups excluding carboxylic acids is 1. The van der Waals surface area contributed by atoms with Gasteiger partial charge < -0.3 is 39.8 Å². The lowest BCUT2D eigenvalue weighted by molar-refractivity contribution is -0.164. The number of amides is 1. The molecule has 1 atom stereocenters. The molecule has 16 nitrogen and oxygen atoms in total. The van der Waals surface area contributed by atoms with E-state index in [1.165, 1.54) is 6.42 Å². The van der Waals surface area contributed by atoms with E-state index in [4.69, 9.17) is 30.8 Å². The number of nitriles is 1. The molecule has 362 valence electrons. The van der Waals surface area contributed by atoms with Gasteiger partial charge in [0.2, 0.25) is 11.8 Å². The average Bonchev–Trinajstić information content (AvgIpc) is 3.78. The van der Waals surface area contributed by atoms with Crippen molar-refractivity contribution in [3.8, 4) is 17.7 Å². The smallest absolute Gasteiger partial charge is 0.254 e. The maximum Gasteiger partial charge on any atom is 0.254 e. The Balaban J connectivity index is 0.712. The first-order valence-electron chi connectivity index (χ1n) is 24.3. The number of anilines is 3. The lowest BCUT2D eigenvalue weighted by Gasteiger charge is -2.63. The van der Waals surface area contributed by atoms with Gasteiger partial charge in [0.05, 0.1) is 35.1 Å². The molecule has 0 spiro atoms. The van der Waals surface area contributed by atoms with Crippen LogP contribution in [0.1, 0.15) is 119 Å². The molecule has 3 fully saturated rings. The third-order valence-electron chi connectivity index (χ3n) is 14.0. The number of halogens is 1. The van der Waals surface area contributed by atoms with E-state index in [2.05, 4.69) is 87.2 Å². The third kappa shape index (κ3) is 10.9. The van der Waals surface area contributed by atoms with Gasteiger partial charge in [0.1, 0.15) is 29.6 Å². The van der Waals surface area contributed by atoms with Crippen LogP contribution in [0.3, 0.4) is 0 Å². The molecule has 6 heterocycles. The summed E-state index contributed by atoms with van der Waals surface area (Å²) in [5.74, 6) is 3.40. The number of rotatable bonds is 20. The Kier molecular flexibility index (Phi) is 15.5. The maximum atomic E-state index is 13.4. The molecule has 5 aromatic rings. The number of hydrogen-bond acceptors (Lipinski definition) is 14. The Morgan fingerprint density at radius 2 is 1.72 bits per heavy atom. The van der Waals surface area contributed by atoms with Crippen LogP contribution in [0.5, 0.6) is 11.6 Å². The predicted molar refractivity (Wildman–Crippen MR) is 263 cm³/mol. The van der Waals surface area contributed by atoms with Crippen molar-refractivity contribution in [2.75, 3.05) is 54.6 Å². The number of aryl methyl sites for hydroxylation is 1. The molecule has 0 radical (unpaired) electrons. The minimum atomic E-state index is -0.379. The molecular formula is C51H66ClN11O5. The summed E-state index contributed by atoms with van der Waals surface area (Å²) in [7, 11) is 0. The summed E-state index contributed by atoms with van der Waals surface area (Å²) < 4.78 is 20.5. The number of nitrogens with zero attached hydrogens (tertiary/aromatic N) is 9. The van der Waals surface area contributed by atoms with Gasteiger partial charge in [0.15, 0.2) is 5.65 Å². The summed E-state index contributed by atoms with van der Waals surface area (Å²) >= 11 is 6.25. The van der Waals surface area contributed by atoms with Crippen molar-refractivity contribution in [2.24, 2.45) is 10.8 Å². The Hall–Kier alpha value is -5.76. The van der Waals surface area contributed by atoms with Crippen LogP contribution in [0, 0.1) is 22.2 Å². The van der Waals surface area contributed by atoms with Crippen LogP contribution < -0.4 is 29.9 Å². The van der Waals surface area contributed by atoms with E-state index in [0.29, 0.717) is 53.5 Å². The van der Waals surface area contributed by atoms with Crippen molar-refractivity contribution < 1.29 is 24.1 Å². The molecule has 4 aromatic heterocycles. The van der Waals surface area contributed by atoms with Crippen LogP contribution in [0.25, 0.3) is 5.65 Å². The number of aromatic nitrogens is 6. The fourth-order valence-corrected chi connectivity index (χ4v) is 10.7. The number of aliphatic hydroxyl groups is 1. The lowest BCUT2D eigenvalue weighted by Crippen LogP contribution is -2.74. The van der Waals surface area contributed by atoms with Crippen molar-refractivity contribution in [2.45, 2.75) is 130 Å². The molecule has 17 heteroatoms. The highest BCUT2D eigenvalue weighted by molar-refractivity contribution is 6.31. The van der Waals surface area contributed by atoms with E-state index >= 15 is 0 Å². The summed E-state index contributed by atoms with van der Waals surface area (Å²) in [5.41, 5.74) is 3.05. The average molecular weight is 949 g/mol. The van der Waals surface area contributed by atoms with Gasteiger partial charge in [0.25, 0.3) is 5.91 Å². The van der Waals surface area contributed by atoms with Crippen LogP contribution >= 0.6 is 11.6 Å². The zero-order valence-corrected chi connectivity index (χ0v) is 40.8. The van der Waals surface area contributed by atoms with Gasteiger partial charge in [-0.3, -0.25) is 4.79 Å². The fourth-order valence-electron chi connectivity index (χ4n) is 10.5. The van der Waals surface area contributed by atoms with Crippen molar-refractivity contribution >= 4 is 40.7 Å². The second kappa shape index (κ2) is 21.7. The highest BCUT2D eigenvalue weighted by Gasteiger charge is 2.64. The van der Waals surface area contributed by atoms with Gasteiger partial charge in [-0.15, -0.1) is 0 Å². The summed E-state index contributed by atoms with van der Waals surface area (Å²) in [5, 5.41) is 30.7. The van der Waals surface area contributed by atoms with E-state index in [1.54, 1.807) is 30.6 Å². The Bertz CT molecular complexity index is 2500. The molecule has 8 rings (SSSR count). The molecule has 2 saturated heterocycles. The number of pyridine rings is 1. The molecule has 68 heavy (non-hydrogen) atoms. The van der Waals surface area contributed by atoms with Gasteiger partial charge in [-0.25, -0.2) is 19.9 Å². The highest BCUT2D eigenvalue weighted by Crippen LogP contribution is 2.55. The fraction of sp³-hybridized carbons (Fsp3) is 0.549. The van der Waals surface area contributed by atoms with Gasteiger partial charge in [-0.05, 0) is 81.9 Å². The molecular weight excluding hydrogens is 882 g/mol. The molecule has 1 saturated carbocycles. The second-order valence-electron chi connectivity index (χ2n) is 19.5. The number of fused-ring (bicyclic) bond motifs is 1. The quantitative estimate of drug-likeness (QED) is 0.0634. The largest absolute Gasteiger partial charge is 0.489 e. The SMILES string of the molecule is CCc1cnn2c(NCc3ccc(OCCCCCOC4CCN(c5ncc(C(=O)NC6C(C)(C)C(Oc7ccc(C#N)c(Cl)c7)C6(C)C)cn5)CC4)nc3)cc(N3CCCC[C@H]3CCO)nc12. The minimum Gasteiger partial charge on any atom is -0.489 e. The number of nitrogens with one attached hydrogen (secondary N) is 2. The second-order valence-corrected chi connectivity index (χ2v) is 19.9. The standard InChI is InChI=1S/C51H66ClN11O5/c1-6-35-33-58-63-42(27-43(59-45(35)63)62-20-9-8-12-38(62)19-23-64)54-29-34-13-16-44(55-30-34)67-25-11-7-10-24-66-39-17-21-61(22-18-39)49-56-31-37(32-57-49)46(65)60-47-50(2,3)48(51(47,4)5)68-40-15-14-36(28-53)41(52)26-40/h13-16,26-27,30-33,38-39,47-48,54,64H,6-12,17-25,29H2,1-5H3,(H,60,65)/t38-,47?,48?/m0/s1. The number of carbonyl (C=O) groups is 1. The first-order chi connectivity index (χ1) is 32.9. The van der Waals surface area contributed by atoms with Crippen molar-refractivity contribution in [1.29, 1.82) is 5.26 Å². The van der Waals surface area contributed by atoms with Crippen LogP contribution in [-0.2, 0) is 17.7 Å². The molecule has 1 amide bonds. The Morgan fingerprint density at radius 1 is 0.941 bits per heavy atom. The Morgan fingerprint density at radius 3 is 2.43 bits per heavy atom. The molecule has 0 bridgehead atoms. The van der Waals surface area contributed by atoms with Crippen molar-refractivity contribution in [3.05, 3.63) is 88.5 Å². The number of ether oxygens (including phenoxy) is 3. The normalized spacial score (nSPS) is 20.1. The minimum absolute atomic E-state index is 0.166. The first-order valence-corrected chi connectivity index (χ1v) is 24.7. The number of benzene rings is 1. The van der Waals surface area contributed by atoms with E-state index in [9.17, 15) is 15.2 Å². The summed E-state index contributed by atoms with van der Waals surface area (Å²) in [6.45, 7) is 15.0. The monoisotopic (exact) mass is 947 g/mol. The van der Waals surface area contributed by atoms with Gasteiger partial charge in [-0.2, -0.15) is 14.9 Å². The predicted octanol–water partition coefficient (Wildman–Crippen LogP) is 8.20. The number of hydrogen-bond donors (Lipinski definition) is 3. The highest BCUT2D eigenvalue weighted by atomic mass is 35.5. The van der Waals surface area contributed by atoms with Crippen molar-refractivity contribution in [3.63, 3.8) is 0 Å². The topological polar surface area (TPSA) is 188 Å². The van der Waals surface area contributed by atoms with Gasteiger partial charge >= 0.3 is 0 Å². The Labute approximate surface area is 404 Å². The van der Waals surface area contributed by atoms with E-state index in [-0.39, 0.29) is 47.6 Å².